The van der Waals surface area contributed by atoms with Crippen molar-refractivity contribution in [3.63, 3.8) is 0 Å². The van der Waals surface area contributed by atoms with Crippen LogP contribution in [0.4, 0.5) is 0 Å². The first kappa shape index (κ1) is 27.3. The third-order valence-corrected chi connectivity index (χ3v) is 5.60. The van der Waals surface area contributed by atoms with Crippen molar-refractivity contribution in [1.29, 1.82) is 0 Å². The molecule has 2 unspecified atom stereocenters. The largest absolute Gasteiger partial charge is 0.516 e. The van der Waals surface area contributed by atoms with Gasteiger partial charge < -0.3 is 18.9 Å². The van der Waals surface area contributed by atoms with Crippen LogP contribution in [0.25, 0.3) is 0 Å². The number of H-pyrrole nitrogens is 1. The molecule has 1 aliphatic heterocycles. The topological polar surface area (TPSA) is 94.9 Å². The predicted octanol–water partition coefficient (Wildman–Crippen LogP) is 5.35. The Morgan fingerprint density at radius 2 is 2.26 bits per heavy atom. The Hall–Kier alpha value is -1.74. The number of aliphatic hydroxyl groups excluding tert-OH is 1. The highest BCUT2D eigenvalue weighted by atomic mass is 35.5. The van der Waals surface area contributed by atoms with Crippen LogP contribution in [-0.2, 0) is 24.9 Å². The third-order valence-electron chi connectivity index (χ3n) is 3.91. The van der Waals surface area contributed by atoms with Gasteiger partial charge in [-0.2, -0.15) is 0 Å². The number of halogens is 1. The number of aromatic amines is 1. The van der Waals surface area contributed by atoms with Crippen molar-refractivity contribution in [3.05, 3.63) is 74.3 Å². The molecule has 0 spiro atoms. The molecule has 0 aliphatic carbocycles. The Morgan fingerprint density at radius 3 is 2.81 bits per heavy atom. The molecule has 2 heterocycles. The molecule has 1 aliphatic rings. The summed E-state index contributed by atoms with van der Waals surface area (Å²) in [6.07, 6.45) is 8.10. The summed E-state index contributed by atoms with van der Waals surface area (Å²) in [7, 11) is 1.87. The first-order chi connectivity index (χ1) is 14.8. The maximum Gasteiger partial charge on any atom is 0.397 e. The molecule has 2 rings (SSSR count). The lowest BCUT2D eigenvalue weighted by atomic mass is 10.1. The standard InChI is InChI=1S/C10H13ClN2O3S.C10H15O3P/c1-16-7(3-5-14)2-4-13-6-8(11)9(17)12-10(13)15;1-5-6-9-7-12-14(11-4)13-10(9)8(2)3/h3,5-7,14H,2,4H2,1H3,(H,12,15,17);5-6H,2,7H2,1,3-4H3/b;6-5-. The number of aromatic nitrogens is 2. The quantitative estimate of drug-likeness (QED) is 0.288. The van der Waals surface area contributed by atoms with E-state index >= 15 is 0 Å². The number of ether oxygens (including phenoxy) is 1. The van der Waals surface area contributed by atoms with Gasteiger partial charge in [0.15, 0.2) is 0 Å². The molecular formula is C20H28ClN2O6PS. The summed E-state index contributed by atoms with van der Waals surface area (Å²) in [5.41, 5.74) is 1.59. The van der Waals surface area contributed by atoms with Crippen LogP contribution in [0.3, 0.4) is 0 Å². The minimum atomic E-state index is -1.23. The molecule has 31 heavy (non-hydrogen) atoms. The first-order valence-corrected chi connectivity index (χ1v) is 11.1. The van der Waals surface area contributed by atoms with Gasteiger partial charge in [-0.05, 0) is 31.9 Å². The lowest BCUT2D eigenvalue weighted by Gasteiger charge is -2.24. The van der Waals surface area contributed by atoms with Gasteiger partial charge in [-0.1, -0.05) is 42.5 Å². The summed E-state index contributed by atoms with van der Waals surface area (Å²) < 4.78 is 22.6. The highest BCUT2D eigenvalue weighted by molar-refractivity contribution is 7.71. The van der Waals surface area contributed by atoms with Gasteiger partial charge in [-0.25, -0.2) is 4.79 Å². The lowest BCUT2D eigenvalue weighted by Crippen LogP contribution is -2.24. The second-order valence-electron chi connectivity index (χ2n) is 6.24. The van der Waals surface area contributed by atoms with Gasteiger partial charge in [0.05, 0.1) is 24.0 Å². The molecule has 1 aromatic rings. The van der Waals surface area contributed by atoms with Gasteiger partial charge in [0.2, 0.25) is 0 Å². The van der Waals surface area contributed by atoms with E-state index in [2.05, 4.69) is 11.6 Å². The van der Waals surface area contributed by atoms with E-state index in [0.717, 1.165) is 23.2 Å². The Bertz CT molecular complexity index is 940. The van der Waals surface area contributed by atoms with Crippen LogP contribution < -0.4 is 5.69 Å². The van der Waals surface area contributed by atoms with Crippen LogP contribution in [0.15, 0.2) is 59.0 Å². The molecule has 172 valence electrons. The lowest BCUT2D eigenvalue weighted by molar-refractivity contribution is 0.127. The van der Waals surface area contributed by atoms with E-state index in [9.17, 15) is 4.79 Å². The van der Waals surface area contributed by atoms with Crippen LogP contribution in [0, 0.1) is 4.64 Å². The number of nitrogens with one attached hydrogen (secondary N) is 1. The average Bonchev–Trinajstić information content (AvgIpc) is 2.75. The number of allylic oxidation sites excluding steroid dienone is 2. The summed E-state index contributed by atoms with van der Waals surface area (Å²) in [5, 5.41) is 8.96. The number of nitrogens with zero attached hydrogens (tertiary/aromatic N) is 1. The molecule has 0 amide bonds. The fourth-order valence-corrected chi connectivity index (χ4v) is 3.62. The van der Waals surface area contributed by atoms with Crippen molar-refractivity contribution in [2.45, 2.75) is 32.9 Å². The first-order valence-electron chi connectivity index (χ1n) is 9.27. The molecule has 0 saturated carbocycles. The molecular weight excluding hydrogens is 463 g/mol. The smallest absolute Gasteiger partial charge is 0.397 e. The Labute approximate surface area is 193 Å². The van der Waals surface area contributed by atoms with Crippen molar-refractivity contribution < 1.29 is 23.4 Å². The summed E-state index contributed by atoms with van der Waals surface area (Å²) in [4.78, 5) is 14.0. The maximum absolute atomic E-state index is 11.5. The molecule has 0 radical (unpaired) electrons. The zero-order valence-corrected chi connectivity index (χ0v) is 20.4. The zero-order valence-electron chi connectivity index (χ0n) is 18.0. The fourth-order valence-electron chi connectivity index (χ4n) is 2.42. The third kappa shape index (κ3) is 9.11. The van der Waals surface area contributed by atoms with Gasteiger partial charge in [-0.15, -0.1) is 0 Å². The monoisotopic (exact) mass is 490 g/mol. The number of aryl methyl sites for hydroxylation is 1. The summed E-state index contributed by atoms with van der Waals surface area (Å²) >= 11 is 10.6. The molecule has 2 atom stereocenters. The van der Waals surface area contributed by atoms with E-state index in [0.29, 0.717) is 24.6 Å². The summed E-state index contributed by atoms with van der Waals surface area (Å²) in [5.74, 6) is 0.794. The number of rotatable bonds is 8. The van der Waals surface area contributed by atoms with Crippen LogP contribution in [0.2, 0.25) is 5.02 Å². The van der Waals surface area contributed by atoms with Crippen molar-refractivity contribution in [2.75, 3.05) is 20.8 Å². The van der Waals surface area contributed by atoms with Gasteiger partial charge in [0.1, 0.15) is 10.4 Å². The Balaban J connectivity index is 0.000000316. The normalized spacial score (nSPS) is 17.4. The van der Waals surface area contributed by atoms with Crippen LogP contribution in [0.5, 0.6) is 0 Å². The van der Waals surface area contributed by atoms with E-state index in [-0.39, 0.29) is 16.4 Å². The zero-order chi connectivity index (χ0) is 23.4. The van der Waals surface area contributed by atoms with E-state index in [1.807, 2.05) is 26.0 Å². The molecule has 2 N–H and O–H groups in total. The van der Waals surface area contributed by atoms with Gasteiger partial charge in [0, 0.05) is 32.5 Å². The van der Waals surface area contributed by atoms with Gasteiger partial charge in [-0.3, -0.25) is 14.1 Å². The second kappa shape index (κ2) is 14.3. The van der Waals surface area contributed by atoms with Crippen molar-refractivity contribution in [1.82, 2.24) is 9.55 Å². The molecule has 0 bridgehead atoms. The Morgan fingerprint density at radius 1 is 1.55 bits per heavy atom. The predicted molar refractivity (Wildman–Crippen MR) is 126 cm³/mol. The number of aliphatic hydroxyl groups is 1. The molecule has 0 aromatic carbocycles. The van der Waals surface area contributed by atoms with E-state index in [1.165, 1.54) is 23.9 Å². The molecule has 1 aromatic heterocycles. The molecule has 0 fully saturated rings. The Kier molecular flexibility index (Phi) is 12.6. The van der Waals surface area contributed by atoms with E-state index in [1.54, 1.807) is 7.11 Å². The molecule has 11 heteroatoms. The van der Waals surface area contributed by atoms with Crippen LogP contribution in [-0.4, -0.2) is 41.6 Å². The molecule has 8 nitrogen and oxygen atoms in total. The SMILES string of the molecule is C=C(C)C1=C(/C=C\C)COP(OC)O1.COC(C=CO)CCn1cc(Cl)c(=S)[nH]c1=O. The minimum absolute atomic E-state index is 0.228. The number of methoxy groups -OCH3 is 1. The van der Waals surface area contributed by atoms with Gasteiger partial charge in [0.25, 0.3) is 0 Å². The highest BCUT2D eigenvalue weighted by Gasteiger charge is 2.23. The van der Waals surface area contributed by atoms with Gasteiger partial charge >= 0.3 is 14.3 Å². The average molecular weight is 491 g/mol. The van der Waals surface area contributed by atoms with Crippen LogP contribution in [0.1, 0.15) is 20.3 Å². The maximum atomic E-state index is 11.5. The number of hydrogen-bond acceptors (Lipinski definition) is 7. The fraction of sp³-hybridized carbons (Fsp3) is 0.400. The van der Waals surface area contributed by atoms with Crippen molar-refractivity contribution in [2.24, 2.45) is 0 Å². The van der Waals surface area contributed by atoms with E-state index in [4.69, 9.17) is 47.2 Å². The summed E-state index contributed by atoms with van der Waals surface area (Å²) in [6.45, 7) is 8.66. The van der Waals surface area contributed by atoms with Crippen molar-refractivity contribution in [3.8, 4) is 0 Å². The van der Waals surface area contributed by atoms with E-state index < -0.39 is 8.60 Å². The summed E-state index contributed by atoms with van der Waals surface area (Å²) in [6, 6.07) is 0. The number of hydrogen-bond donors (Lipinski definition) is 2. The van der Waals surface area contributed by atoms with Crippen LogP contribution >= 0.6 is 32.4 Å². The van der Waals surface area contributed by atoms with Crippen molar-refractivity contribution >= 4 is 32.4 Å². The highest BCUT2D eigenvalue weighted by Crippen LogP contribution is 2.47. The minimum Gasteiger partial charge on any atom is -0.516 e. The molecule has 0 saturated heterocycles. The second-order valence-corrected chi connectivity index (χ2v) is 8.31.